The first-order chi connectivity index (χ1) is 11.8. The molecular weight excluding hydrogens is 374 g/mol. The number of rotatable bonds is 3. The molecule has 0 aliphatic carbocycles. The Bertz CT molecular complexity index is 790. The molecule has 1 amide bonds. The Morgan fingerprint density at radius 3 is 2.36 bits per heavy atom. The van der Waals surface area contributed by atoms with Crippen molar-refractivity contribution < 1.29 is 18.0 Å². The lowest BCUT2D eigenvalue weighted by atomic mass is 10.0. The van der Waals surface area contributed by atoms with Gasteiger partial charge in [0.2, 0.25) is 5.91 Å². The summed E-state index contributed by atoms with van der Waals surface area (Å²) in [4.78, 5) is 13.9. The zero-order valence-corrected chi connectivity index (χ0v) is 14.5. The van der Waals surface area contributed by atoms with Crippen LogP contribution in [0.15, 0.2) is 42.5 Å². The molecule has 0 saturated carbocycles. The lowest BCUT2D eigenvalue weighted by molar-refractivity contribution is -0.137. The maximum atomic E-state index is 12.8. The molecule has 0 N–H and O–H groups in total. The minimum atomic E-state index is -4.40. The smallest absolute Gasteiger partial charge is 0.311 e. The minimum Gasteiger partial charge on any atom is -0.311 e. The fraction of sp³-hybridized carbons (Fsp3) is 0.278. The van der Waals surface area contributed by atoms with Crippen LogP contribution in [-0.2, 0) is 11.0 Å². The number of halogens is 5. The van der Waals surface area contributed by atoms with Gasteiger partial charge in [-0.2, -0.15) is 13.2 Å². The molecule has 132 valence electrons. The first-order valence-electron chi connectivity index (χ1n) is 7.63. The van der Waals surface area contributed by atoms with E-state index in [1.807, 2.05) is 0 Å². The van der Waals surface area contributed by atoms with Crippen molar-refractivity contribution in [2.24, 2.45) is 5.92 Å². The molecule has 0 aromatic heterocycles. The molecule has 2 nitrogen and oxygen atoms in total. The van der Waals surface area contributed by atoms with Gasteiger partial charge in [0, 0.05) is 24.4 Å². The Labute approximate surface area is 153 Å². The largest absolute Gasteiger partial charge is 0.416 e. The van der Waals surface area contributed by atoms with Crippen molar-refractivity contribution in [1.82, 2.24) is 0 Å². The predicted molar refractivity (Wildman–Crippen MR) is 93.1 cm³/mol. The van der Waals surface area contributed by atoms with Crippen molar-refractivity contribution in [2.75, 3.05) is 17.3 Å². The zero-order valence-electron chi connectivity index (χ0n) is 13.0. The van der Waals surface area contributed by atoms with Crippen molar-refractivity contribution >= 4 is 34.8 Å². The van der Waals surface area contributed by atoms with E-state index < -0.39 is 11.7 Å². The molecular formula is C18H14Cl2F3NO. The SMILES string of the molecule is O=C1CC(CCl)CN1c1cccc(Cl)c1-c1ccc(C(F)(F)F)cc1. The van der Waals surface area contributed by atoms with Gasteiger partial charge in [-0.05, 0) is 35.7 Å². The van der Waals surface area contributed by atoms with Crippen LogP contribution in [0, 0.1) is 5.92 Å². The van der Waals surface area contributed by atoms with Gasteiger partial charge < -0.3 is 4.90 Å². The van der Waals surface area contributed by atoms with E-state index in [1.165, 1.54) is 12.1 Å². The Morgan fingerprint density at radius 2 is 1.80 bits per heavy atom. The third-order valence-corrected chi connectivity index (χ3v) is 4.96. The van der Waals surface area contributed by atoms with Crippen molar-refractivity contribution in [1.29, 1.82) is 0 Å². The summed E-state index contributed by atoms with van der Waals surface area (Å²) >= 11 is 12.2. The van der Waals surface area contributed by atoms with Gasteiger partial charge in [-0.1, -0.05) is 29.8 Å². The Kier molecular flexibility index (Phi) is 4.98. The number of hydrogen-bond acceptors (Lipinski definition) is 1. The van der Waals surface area contributed by atoms with Gasteiger partial charge in [-0.3, -0.25) is 4.79 Å². The van der Waals surface area contributed by atoms with E-state index in [-0.39, 0.29) is 11.8 Å². The summed E-state index contributed by atoms with van der Waals surface area (Å²) in [6.45, 7) is 0.469. The van der Waals surface area contributed by atoms with Gasteiger partial charge in [0.1, 0.15) is 0 Å². The molecule has 3 rings (SSSR count). The molecule has 2 aromatic carbocycles. The van der Waals surface area contributed by atoms with Crippen LogP contribution >= 0.6 is 23.2 Å². The minimum absolute atomic E-state index is 0.0496. The fourth-order valence-electron chi connectivity index (χ4n) is 2.97. The van der Waals surface area contributed by atoms with Crippen molar-refractivity contribution in [3.63, 3.8) is 0 Å². The summed E-state index contributed by atoms with van der Waals surface area (Å²) in [7, 11) is 0. The van der Waals surface area contributed by atoms with Gasteiger partial charge in [0.25, 0.3) is 0 Å². The van der Waals surface area contributed by atoms with E-state index in [1.54, 1.807) is 23.1 Å². The third kappa shape index (κ3) is 3.62. The topological polar surface area (TPSA) is 20.3 Å². The van der Waals surface area contributed by atoms with Crippen LogP contribution in [0.1, 0.15) is 12.0 Å². The van der Waals surface area contributed by atoms with E-state index in [2.05, 4.69) is 0 Å². The number of hydrogen-bond donors (Lipinski definition) is 0. The molecule has 0 spiro atoms. The fourth-order valence-corrected chi connectivity index (χ4v) is 3.45. The molecule has 0 bridgehead atoms. The molecule has 1 aliphatic heterocycles. The average molecular weight is 388 g/mol. The third-order valence-electron chi connectivity index (χ3n) is 4.21. The van der Waals surface area contributed by atoms with Gasteiger partial charge in [0.15, 0.2) is 0 Å². The highest BCUT2D eigenvalue weighted by molar-refractivity contribution is 6.34. The molecule has 1 unspecified atom stereocenters. The maximum absolute atomic E-state index is 12.8. The van der Waals surface area contributed by atoms with Crippen LogP contribution in [0.3, 0.4) is 0 Å². The maximum Gasteiger partial charge on any atom is 0.416 e. The van der Waals surface area contributed by atoms with Gasteiger partial charge >= 0.3 is 6.18 Å². The van der Waals surface area contributed by atoms with Gasteiger partial charge in [-0.15, -0.1) is 11.6 Å². The molecule has 0 radical (unpaired) electrons. The first kappa shape index (κ1) is 18.1. The molecule has 2 aromatic rings. The number of amides is 1. The van der Waals surface area contributed by atoms with Gasteiger partial charge in [0.05, 0.1) is 16.3 Å². The van der Waals surface area contributed by atoms with E-state index in [0.29, 0.717) is 40.7 Å². The van der Waals surface area contributed by atoms with Crippen LogP contribution in [0.5, 0.6) is 0 Å². The number of carbonyl (C=O) groups is 1. The van der Waals surface area contributed by atoms with E-state index >= 15 is 0 Å². The zero-order chi connectivity index (χ0) is 18.2. The first-order valence-corrected chi connectivity index (χ1v) is 8.55. The van der Waals surface area contributed by atoms with Gasteiger partial charge in [-0.25, -0.2) is 0 Å². The second-order valence-corrected chi connectivity index (χ2v) is 6.65. The van der Waals surface area contributed by atoms with Crippen LogP contribution in [-0.4, -0.2) is 18.3 Å². The van der Waals surface area contributed by atoms with Crippen molar-refractivity contribution in [3.8, 4) is 11.1 Å². The van der Waals surface area contributed by atoms with E-state index in [0.717, 1.165) is 12.1 Å². The number of benzene rings is 2. The Balaban J connectivity index is 2.04. The van der Waals surface area contributed by atoms with Crippen LogP contribution in [0.25, 0.3) is 11.1 Å². The van der Waals surface area contributed by atoms with E-state index in [9.17, 15) is 18.0 Å². The molecule has 25 heavy (non-hydrogen) atoms. The van der Waals surface area contributed by atoms with Crippen molar-refractivity contribution in [2.45, 2.75) is 12.6 Å². The highest BCUT2D eigenvalue weighted by Gasteiger charge is 2.33. The Hall–Kier alpha value is -1.72. The van der Waals surface area contributed by atoms with Crippen LogP contribution in [0.4, 0.5) is 18.9 Å². The van der Waals surface area contributed by atoms with Crippen LogP contribution < -0.4 is 4.90 Å². The molecule has 1 saturated heterocycles. The number of nitrogens with zero attached hydrogens (tertiary/aromatic N) is 1. The molecule has 7 heteroatoms. The summed E-state index contributed by atoms with van der Waals surface area (Å²) in [5, 5.41) is 0.374. The van der Waals surface area contributed by atoms with Crippen molar-refractivity contribution in [3.05, 3.63) is 53.1 Å². The summed E-state index contributed by atoms with van der Waals surface area (Å²) < 4.78 is 38.3. The molecule has 1 fully saturated rings. The summed E-state index contributed by atoms with van der Waals surface area (Å²) in [6, 6.07) is 9.86. The highest BCUT2D eigenvalue weighted by atomic mass is 35.5. The van der Waals surface area contributed by atoms with E-state index in [4.69, 9.17) is 23.2 Å². The van der Waals surface area contributed by atoms with Crippen LogP contribution in [0.2, 0.25) is 5.02 Å². The number of alkyl halides is 4. The second kappa shape index (κ2) is 6.89. The monoisotopic (exact) mass is 387 g/mol. The standard InChI is InChI=1S/C18H14Cl2F3NO/c19-9-11-8-16(25)24(10-11)15-3-1-2-14(20)17(15)12-4-6-13(7-5-12)18(21,22)23/h1-7,11H,8-10H2. The number of carbonyl (C=O) groups excluding carboxylic acids is 1. The highest BCUT2D eigenvalue weighted by Crippen LogP contribution is 2.40. The average Bonchev–Trinajstić information content (AvgIpc) is 2.95. The predicted octanol–water partition coefficient (Wildman–Crippen LogP) is 5.62. The number of anilines is 1. The summed E-state index contributed by atoms with van der Waals surface area (Å²) in [6.07, 6.45) is -4.05. The quantitative estimate of drug-likeness (QED) is 0.626. The lowest BCUT2D eigenvalue weighted by Crippen LogP contribution is -2.25. The molecule has 1 aliphatic rings. The second-order valence-electron chi connectivity index (χ2n) is 5.94. The summed E-state index contributed by atoms with van der Waals surface area (Å²) in [5.74, 6) is 0.355. The lowest BCUT2D eigenvalue weighted by Gasteiger charge is -2.21. The normalized spacial score (nSPS) is 18.0. The summed E-state index contributed by atoms with van der Waals surface area (Å²) in [5.41, 5.74) is 0.923. The molecule has 1 heterocycles. The molecule has 1 atom stereocenters. The Morgan fingerprint density at radius 1 is 1.12 bits per heavy atom.